The lowest BCUT2D eigenvalue weighted by Crippen LogP contribution is -2.43. The molecule has 0 bridgehead atoms. The topological polar surface area (TPSA) is 90.2 Å². The van der Waals surface area contributed by atoms with Gasteiger partial charge in [0.1, 0.15) is 12.2 Å². The first-order valence-corrected chi connectivity index (χ1v) is 9.42. The molecule has 0 saturated heterocycles. The predicted molar refractivity (Wildman–Crippen MR) is 105 cm³/mol. The van der Waals surface area contributed by atoms with Gasteiger partial charge in [0.25, 0.3) is 0 Å². The Morgan fingerprint density at radius 1 is 0.704 bits per heavy atom. The van der Waals surface area contributed by atoms with Crippen molar-refractivity contribution in [2.24, 2.45) is 0 Å². The summed E-state index contributed by atoms with van der Waals surface area (Å²) in [4.78, 5) is 0. The lowest BCUT2D eigenvalue weighted by Gasteiger charge is -2.30. The second kappa shape index (κ2) is 11.0. The zero-order valence-corrected chi connectivity index (χ0v) is 16.2. The molecule has 0 aromatic heterocycles. The van der Waals surface area contributed by atoms with Gasteiger partial charge >= 0.3 is 0 Å². The Labute approximate surface area is 168 Å². The molecule has 5 nitrogen and oxygen atoms in total. The molecule has 4 N–H and O–H groups in total. The van der Waals surface area contributed by atoms with Crippen LogP contribution in [0.3, 0.4) is 0 Å². The first-order valence-electron chi connectivity index (χ1n) is 8.66. The van der Waals surface area contributed by atoms with Crippen LogP contribution < -0.4 is 0 Å². The molecule has 0 aliphatic rings. The van der Waals surface area contributed by atoms with E-state index in [9.17, 15) is 20.4 Å². The first kappa shape index (κ1) is 22.1. The van der Waals surface area contributed by atoms with Crippen molar-refractivity contribution < 1.29 is 25.2 Å². The molecule has 0 aliphatic heterocycles. The van der Waals surface area contributed by atoms with Crippen LogP contribution >= 0.6 is 23.2 Å². The van der Waals surface area contributed by atoms with Crippen molar-refractivity contribution in [1.82, 2.24) is 0 Å². The minimum Gasteiger partial charge on any atom is -0.394 e. The molecule has 7 heteroatoms. The largest absolute Gasteiger partial charge is 0.394 e. The molecule has 0 heterocycles. The number of hydrogen-bond acceptors (Lipinski definition) is 5. The fraction of sp³-hybridized carbons (Fsp3) is 0.400. The molecule has 0 radical (unpaired) electrons. The Balaban J connectivity index is 2.21. The third-order valence-electron chi connectivity index (χ3n) is 4.34. The van der Waals surface area contributed by atoms with Crippen LogP contribution in [0.5, 0.6) is 0 Å². The quantitative estimate of drug-likeness (QED) is 0.478. The van der Waals surface area contributed by atoms with Crippen molar-refractivity contribution in [2.45, 2.75) is 37.3 Å². The molecular weight excluding hydrogens is 391 g/mol. The molecule has 0 spiro atoms. The molecule has 2 rings (SSSR count). The van der Waals surface area contributed by atoms with Gasteiger partial charge in [-0.3, -0.25) is 0 Å². The van der Waals surface area contributed by atoms with Crippen LogP contribution in [0.1, 0.15) is 11.1 Å². The van der Waals surface area contributed by atoms with Gasteiger partial charge in [-0.25, -0.2) is 0 Å². The Bertz CT molecular complexity index is 653. The van der Waals surface area contributed by atoms with Crippen LogP contribution in [0.4, 0.5) is 0 Å². The molecule has 4 unspecified atom stereocenters. The Morgan fingerprint density at radius 3 is 1.41 bits per heavy atom. The number of benzene rings is 2. The van der Waals surface area contributed by atoms with E-state index in [1.165, 1.54) is 0 Å². The zero-order valence-electron chi connectivity index (χ0n) is 14.7. The van der Waals surface area contributed by atoms with Crippen LogP contribution in [-0.4, -0.2) is 58.1 Å². The minimum atomic E-state index is -1.18. The van der Waals surface area contributed by atoms with Crippen LogP contribution in [-0.2, 0) is 17.6 Å². The third kappa shape index (κ3) is 6.43. The van der Waals surface area contributed by atoms with Crippen LogP contribution in [0.2, 0.25) is 10.0 Å². The summed E-state index contributed by atoms with van der Waals surface area (Å²) in [6, 6.07) is 14.3. The molecule has 0 amide bonds. The molecule has 2 aromatic rings. The van der Waals surface area contributed by atoms with E-state index in [-0.39, 0.29) is 12.8 Å². The maximum absolute atomic E-state index is 10.2. The maximum atomic E-state index is 10.2. The van der Waals surface area contributed by atoms with Gasteiger partial charge < -0.3 is 25.2 Å². The van der Waals surface area contributed by atoms with E-state index in [0.29, 0.717) is 10.0 Å². The Morgan fingerprint density at radius 2 is 1.07 bits per heavy atom. The standard InChI is InChI=1S/C20H24Cl2O5/c21-15-7-3-1-5-13(15)9-19(17(25)11-23)27-20(18(26)12-24)10-14-6-2-4-8-16(14)22/h1-8,17-20,23-26H,9-12H2. The van der Waals surface area contributed by atoms with Crippen molar-refractivity contribution in [3.8, 4) is 0 Å². The molecule has 0 saturated carbocycles. The lowest BCUT2D eigenvalue weighted by atomic mass is 10.0. The number of ether oxygens (including phenoxy) is 1. The number of rotatable bonds is 10. The van der Waals surface area contributed by atoms with E-state index >= 15 is 0 Å². The van der Waals surface area contributed by atoms with Crippen LogP contribution in [0, 0.1) is 0 Å². The number of aliphatic hydroxyl groups is 4. The Hall–Kier alpha value is -1.18. The normalized spacial score (nSPS) is 15.9. The smallest absolute Gasteiger partial charge is 0.103 e. The van der Waals surface area contributed by atoms with E-state index in [1.807, 2.05) is 12.1 Å². The summed E-state index contributed by atoms with van der Waals surface area (Å²) in [6.07, 6.45) is -3.55. The average Bonchev–Trinajstić information content (AvgIpc) is 2.68. The highest BCUT2D eigenvalue weighted by Crippen LogP contribution is 2.23. The van der Waals surface area contributed by atoms with Gasteiger partial charge in [0.2, 0.25) is 0 Å². The van der Waals surface area contributed by atoms with Crippen LogP contribution in [0.25, 0.3) is 0 Å². The molecule has 2 aromatic carbocycles. The summed E-state index contributed by atoms with van der Waals surface area (Å²) in [7, 11) is 0. The SMILES string of the molecule is OCC(O)C(Cc1ccccc1Cl)OC(Cc1ccccc1Cl)C(O)CO. The molecule has 4 atom stereocenters. The fourth-order valence-corrected chi connectivity index (χ4v) is 3.20. The van der Waals surface area contributed by atoms with Gasteiger partial charge in [-0.1, -0.05) is 59.6 Å². The van der Waals surface area contributed by atoms with Gasteiger partial charge in [0.05, 0.1) is 25.4 Å². The van der Waals surface area contributed by atoms with E-state index < -0.39 is 37.6 Å². The van der Waals surface area contributed by atoms with Gasteiger partial charge in [0.15, 0.2) is 0 Å². The van der Waals surface area contributed by atoms with Gasteiger partial charge in [-0.15, -0.1) is 0 Å². The molecular formula is C20H24Cl2O5. The molecule has 27 heavy (non-hydrogen) atoms. The van der Waals surface area contributed by atoms with E-state index in [4.69, 9.17) is 27.9 Å². The molecule has 148 valence electrons. The van der Waals surface area contributed by atoms with Crippen molar-refractivity contribution >= 4 is 23.2 Å². The van der Waals surface area contributed by atoms with E-state index in [0.717, 1.165) is 11.1 Å². The highest BCUT2D eigenvalue weighted by molar-refractivity contribution is 6.31. The van der Waals surface area contributed by atoms with E-state index in [1.54, 1.807) is 36.4 Å². The molecule has 0 aliphatic carbocycles. The average molecular weight is 415 g/mol. The number of halogens is 2. The highest BCUT2D eigenvalue weighted by Gasteiger charge is 2.29. The van der Waals surface area contributed by atoms with Crippen molar-refractivity contribution in [3.05, 3.63) is 69.7 Å². The third-order valence-corrected chi connectivity index (χ3v) is 5.08. The van der Waals surface area contributed by atoms with Gasteiger partial charge in [-0.2, -0.15) is 0 Å². The summed E-state index contributed by atoms with van der Waals surface area (Å²) in [5, 5.41) is 40.2. The maximum Gasteiger partial charge on any atom is 0.103 e. The number of aliphatic hydroxyl groups excluding tert-OH is 4. The van der Waals surface area contributed by atoms with Gasteiger partial charge in [-0.05, 0) is 23.3 Å². The minimum absolute atomic E-state index is 0.235. The van der Waals surface area contributed by atoms with E-state index in [2.05, 4.69) is 0 Å². The number of hydrogen-bond donors (Lipinski definition) is 4. The van der Waals surface area contributed by atoms with Gasteiger partial charge in [0, 0.05) is 22.9 Å². The summed E-state index contributed by atoms with van der Waals surface area (Å²) in [5.74, 6) is 0. The summed E-state index contributed by atoms with van der Waals surface area (Å²) in [6.45, 7) is -1.02. The second-order valence-corrected chi connectivity index (χ2v) is 7.12. The van der Waals surface area contributed by atoms with Crippen molar-refractivity contribution in [3.63, 3.8) is 0 Å². The summed E-state index contributed by atoms with van der Waals surface area (Å²) < 4.78 is 5.94. The summed E-state index contributed by atoms with van der Waals surface area (Å²) >= 11 is 12.4. The first-order chi connectivity index (χ1) is 13.0. The zero-order chi connectivity index (χ0) is 19.8. The summed E-state index contributed by atoms with van der Waals surface area (Å²) in [5.41, 5.74) is 1.48. The van der Waals surface area contributed by atoms with Crippen LogP contribution in [0.15, 0.2) is 48.5 Å². The predicted octanol–water partition coefficient (Wildman–Crippen LogP) is 2.24. The molecule has 0 fully saturated rings. The fourth-order valence-electron chi connectivity index (χ4n) is 2.77. The lowest BCUT2D eigenvalue weighted by molar-refractivity contribution is -0.131. The van der Waals surface area contributed by atoms with Crippen molar-refractivity contribution in [2.75, 3.05) is 13.2 Å². The Kier molecular flexibility index (Phi) is 8.99. The highest BCUT2D eigenvalue weighted by atomic mass is 35.5. The monoisotopic (exact) mass is 414 g/mol. The van der Waals surface area contributed by atoms with Crippen molar-refractivity contribution in [1.29, 1.82) is 0 Å². The second-order valence-electron chi connectivity index (χ2n) is 6.30.